The van der Waals surface area contributed by atoms with Gasteiger partial charge < -0.3 is 19.3 Å². The molecule has 13 heteroatoms. The van der Waals surface area contributed by atoms with E-state index in [2.05, 4.69) is 25.8 Å². The van der Waals surface area contributed by atoms with Gasteiger partial charge in [0, 0.05) is 112 Å². The number of benzene rings is 2. The van der Waals surface area contributed by atoms with Gasteiger partial charge >= 0.3 is 0 Å². The van der Waals surface area contributed by atoms with E-state index in [0.29, 0.717) is 70.2 Å². The molecule has 0 N–H and O–H groups in total. The van der Waals surface area contributed by atoms with Crippen molar-refractivity contribution in [3.8, 4) is 45.4 Å². The van der Waals surface area contributed by atoms with Crippen LogP contribution in [0.1, 0.15) is 43.1 Å². The van der Waals surface area contributed by atoms with E-state index in [4.69, 9.17) is 26.1 Å². The van der Waals surface area contributed by atoms with Crippen molar-refractivity contribution in [3.63, 3.8) is 0 Å². The van der Waals surface area contributed by atoms with Gasteiger partial charge in [0.2, 0.25) is 23.6 Å². The van der Waals surface area contributed by atoms with E-state index in [1.54, 1.807) is 45.4 Å². The molecule has 8 rings (SSSR count). The average Bonchev–Trinajstić information content (AvgIpc) is 3.54. The van der Waals surface area contributed by atoms with Crippen molar-refractivity contribution in [1.29, 1.82) is 0 Å². The number of aromatic nitrogens is 3. The number of hydrogen-bond acceptors (Lipinski definition) is 9. The Balaban J connectivity index is 1.04. The lowest BCUT2D eigenvalue weighted by atomic mass is 9.72. The van der Waals surface area contributed by atoms with Gasteiger partial charge in [0.05, 0.1) is 36.8 Å². The predicted molar refractivity (Wildman–Crippen MR) is 199 cm³/mol. The molecule has 1 atom stereocenters. The first-order valence-corrected chi connectivity index (χ1v) is 18.5. The third kappa shape index (κ3) is 6.40. The third-order valence-corrected chi connectivity index (χ3v) is 11.8. The van der Waals surface area contributed by atoms with Crippen molar-refractivity contribution < 1.29 is 23.5 Å². The molecule has 0 bridgehead atoms. The molecule has 2 aromatic heterocycles. The molecular weight excluding hydrogens is 697 g/mol. The molecule has 1 aliphatic carbocycles. The molecule has 0 saturated carbocycles. The van der Waals surface area contributed by atoms with Gasteiger partial charge in [0.25, 0.3) is 0 Å². The van der Waals surface area contributed by atoms with Gasteiger partial charge in [-0.1, -0.05) is 41.9 Å². The van der Waals surface area contributed by atoms with Crippen LogP contribution in [0.2, 0.25) is 5.02 Å². The van der Waals surface area contributed by atoms with Crippen LogP contribution < -0.4 is 9.47 Å². The first kappa shape index (κ1) is 35.4. The van der Waals surface area contributed by atoms with Crippen molar-refractivity contribution in [2.24, 2.45) is 5.41 Å². The Labute approximate surface area is 313 Å². The zero-order chi connectivity index (χ0) is 37.0. The molecule has 1 spiro atoms. The lowest BCUT2D eigenvalue weighted by molar-refractivity contribution is -0.161. The average molecular weight is 740 g/mol. The van der Waals surface area contributed by atoms with Crippen molar-refractivity contribution >= 4 is 23.4 Å². The van der Waals surface area contributed by atoms with Gasteiger partial charge in [-0.2, -0.15) is 0 Å². The number of fused-ring (bicyclic) bond motifs is 1. The van der Waals surface area contributed by atoms with Gasteiger partial charge in [-0.25, -0.2) is 14.4 Å². The lowest BCUT2D eigenvalue weighted by Gasteiger charge is -2.61. The van der Waals surface area contributed by atoms with Crippen LogP contribution in [0.15, 0.2) is 48.7 Å². The number of nitrogens with zero attached hydrogens (tertiary/aromatic N) is 7. The summed E-state index contributed by atoms with van der Waals surface area (Å²) in [6.07, 6.45) is 3.44. The molecule has 3 saturated heterocycles. The maximum atomic E-state index is 16.5. The van der Waals surface area contributed by atoms with Crippen LogP contribution in [0.25, 0.3) is 33.6 Å². The minimum Gasteiger partial charge on any atom is -0.481 e. The number of piperazine rings is 1. The second-order valence-electron chi connectivity index (χ2n) is 14.8. The highest BCUT2D eigenvalue weighted by atomic mass is 35.5. The molecule has 53 heavy (non-hydrogen) atoms. The third-order valence-electron chi connectivity index (χ3n) is 11.4. The number of aryl methyl sites for hydroxylation is 1. The highest BCUT2D eigenvalue weighted by Crippen LogP contribution is 2.50. The number of amides is 2. The standard InChI is InChI=1S/C40H43ClFN7O4/c1-24(50)47-15-13-46(14-16-47)19-33-38(52-3)45-32(18-43-33)30-10-6-8-28(37(30)42)27-7-5-9-29(36(27)41)31-17-26-11-12-34(35(26)39(44-31)53-4)49-22-40(23-49)20-48(21-40)25(2)51/h5-10,17-18,34H,11-16,19-23H2,1-4H3/t34-/m0/s1. The zero-order valence-electron chi connectivity index (χ0n) is 30.5. The minimum absolute atomic E-state index is 0.0761. The fourth-order valence-corrected chi connectivity index (χ4v) is 8.89. The number of rotatable bonds is 8. The molecule has 5 heterocycles. The topological polar surface area (TPSA) is 104 Å². The van der Waals surface area contributed by atoms with E-state index in [9.17, 15) is 9.59 Å². The summed E-state index contributed by atoms with van der Waals surface area (Å²) in [6, 6.07) is 13.1. The van der Waals surface area contributed by atoms with Gasteiger partial charge in [0.1, 0.15) is 11.5 Å². The van der Waals surface area contributed by atoms with Crippen LogP contribution in [-0.2, 0) is 22.6 Å². The summed E-state index contributed by atoms with van der Waals surface area (Å²) < 4.78 is 28.0. The largest absolute Gasteiger partial charge is 0.481 e. The highest BCUT2D eigenvalue weighted by molar-refractivity contribution is 6.36. The van der Waals surface area contributed by atoms with Crippen LogP contribution in [0.3, 0.4) is 0 Å². The quantitative estimate of drug-likeness (QED) is 0.232. The van der Waals surface area contributed by atoms with Crippen LogP contribution >= 0.6 is 11.6 Å². The monoisotopic (exact) mass is 739 g/mol. The fourth-order valence-electron chi connectivity index (χ4n) is 8.57. The molecule has 276 valence electrons. The van der Waals surface area contributed by atoms with E-state index in [1.807, 2.05) is 28.0 Å². The molecule has 2 aromatic carbocycles. The number of likely N-dealkylation sites (tertiary alicyclic amines) is 2. The minimum atomic E-state index is -0.469. The van der Waals surface area contributed by atoms with Gasteiger partial charge in [-0.3, -0.25) is 24.4 Å². The number of halogens is 2. The summed E-state index contributed by atoms with van der Waals surface area (Å²) >= 11 is 7.12. The normalized spacial score (nSPS) is 19.5. The van der Waals surface area contributed by atoms with Gasteiger partial charge in [-0.15, -0.1) is 0 Å². The van der Waals surface area contributed by atoms with E-state index in [1.165, 1.54) is 12.7 Å². The molecule has 11 nitrogen and oxygen atoms in total. The lowest BCUT2D eigenvalue weighted by Crippen LogP contribution is -2.72. The Morgan fingerprint density at radius 2 is 1.49 bits per heavy atom. The van der Waals surface area contributed by atoms with Crippen LogP contribution in [0.4, 0.5) is 4.39 Å². The molecular formula is C40H43ClFN7O4. The van der Waals surface area contributed by atoms with Gasteiger partial charge in [0.15, 0.2) is 0 Å². The SMILES string of the molecule is COc1nc(-c2cccc(-c3cccc(-c4cc5c(c(OC)n4)[C@@H](N4CC6(CN(C(C)=O)C6)C4)CC5)c3Cl)c2F)cnc1CN1CCN(C(C)=O)CC1. The first-order valence-electron chi connectivity index (χ1n) is 18.1. The van der Waals surface area contributed by atoms with Crippen molar-refractivity contribution in [2.75, 3.05) is 66.6 Å². The second-order valence-corrected chi connectivity index (χ2v) is 15.1. The smallest absolute Gasteiger partial charge is 0.237 e. The van der Waals surface area contributed by atoms with Crippen LogP contribution in [0.5, 0.6) is 11.8 Å². The Morgan fingerprint density at radius 1 is 0.849 bits per heavy atom. The number of pyridine rings is 1. The van der Waals surface area contributed by atoms with Crippen LogP contribution in [-0.4, -0.2) is 113 Å². The first-order chi connectivity index (χ1) is 25.6. The molecule has 3 fully saturated rings. The van der Waals surface area contributed by atoms with Crippen molar-refractivity contribution in [3.05, 3.63) is 76.3 Å². The molecule has 4 aliphatic rings. The van der Waals surface area contributed by atoms with E-state index < -0.39 is 5.82 Å². The molecule has 3 aliphatic heterocycles. The fraction of sp³-hybridized carbons (Fsp3) is 0.425. The maximum absolute atomic E-state index is 16.5. The number of carbonyl (C=O) groups is 2. The molecule has 4 aromatic rings. The summed E-state index contributed by atoms with van der Waals surface area (Å²) in [7, 11) is 3.18. The summed E-state index contributed by atoms with van der Waals surface area (Å²) in [5.41, 5.74) is 6.03. The van der Waals surface area contributed by atoms with E-state index >= 15 is 4.39 Å². The van der Waals surface area contributed by atoms with Crippen molar-refractivity contribution in [2.45, 2.75) is 39.3 Å². The Bertz CT molecular complexity index is 2090. The Kier molecular flexibility index (Phi) is 9.32. The maximum Gasteiger partial charge on any atom is 0.237 e. The molecule has 0 unspecified atom stereocenters. The predicted octanol–water partition coefficient (Wildman–Crippen LogP) is 5.50. The number of hydrogen-bond donors (Lipinski definition) is 0. The number of ether oxygens (including phenoxy) is 2. The number of carbonyl (C=O) groups excluding carboxylic acids is 2. The Hall–Kier alpha value is -4.65. The molecule has 2 amide bonds. The second kappa shape index (κ2) is 14.0. The molecule has 0 radical (unpaired) electrons. The summed E-state index contributed by atoms with van der Waals surface area (Å²) in [4.78, 5) is 46.2. The summed E-state index contributed by atoms with van der Waals surface area (Å²) in [5, 5.41) is 0.390. The summed E-state index contributed by atoms with van der Waals surface area (Å²) in [6.45, 7) is 10.1. The highest BCUT2D eigenvalue weighted by Gasteiger charge is 2.55. The Morgan fingerprint density at radius 3 is 2.17 bits per heavy atom. The summed E-state index contributed by atoms with van der Waals surface area (Å²) in [5.74, 6) is 0.669. The van der Waals surface area contributed by atoms with Gasteiger partial charge in [-0.05, 0) is 30.5 Å². The van der Waals surface area contributed by atoms with Crippen LogP contribution in [0, 0.1) is 11.2 Å². The number of methoxy groups -OCH3 is 2. The van der Waals surface area contributed by atoms with E-state index in [0.717, 1.165) is 57.7 Å². The zero-order valence-corrected chi connectivity index (χ0v) is 31.2. The van der Waals surface area contributed by atoms with Crippen molar-refractivity contribution in [1.82, 2.24) is 34.6 Å². The van der Waals surface area contributed by atoms with E-state index in [-0.39, 0.29) is 28.8 Å².